The van der Waals surface area contributed by atoms with E-state index in [1.165, 1.54) is 0 Å². The number of hydrogen-bond donors (Lipinski definition) is 0. The second kappa shape index (κ2) is 7.11. The summed E-state index contributed by atoms with van der Waals surface area (Å²) < 4.78 is -0.751. The average molecular weight is 493 g/mol. The third-order valence-corrected chi connectivity index (χ3v) is 5.06. The normalized spacial score (nSPS) is 12.3. The summed E-state index contributed by atoms with van der Waals surface area (Å²) in [6.45, 7) is 7.97. The van der Waals surface area contributed by atoms with Crippen LogP contribution in [0.15, 0.2) is 36.4 Å². The quantitative estimate of drug-likeness (QED) is 0.319. The van der Waals surface area contributed by atoms with Gasteiger partial charge in [0.1, 0.15) is 0 Å². The SMILES string of the molecule is CC(C)(Br)c1cc(Cl)ccc1C(=O)c1ccc(Cl)cc1C(C)(C)Br. The van der Waals surface area contributed by atoms with Crippen LogP contribution in [0.2, 0.25) is 10.0 Å². The lowest BCUT2D eigenvalue weighted by Crippen LogP contribution is -2.18. The molecule has 0 aliphatic carbocycles. The molecule has 0 N–H and O–H groups in total. The van der Waals surface area contributed by atoms with Crippen LogP contribution in [0, 0.1) is 0 Å². The predicted molar refractivity (Wildman–Crippen MR) is 110 cm³/mol. The van der Waals surface area contributed by atoms with Gasteiger partial charge in [0.2, 0.25) is 0 Å². The van der Waals surface area contributed by atoms with Gasteiger partial charge in [-0.3, -0.25) is 4.79 Å². The van der Waals surface area contributed by atoms with Crippen LogP contribution in [0.4, 0.5) is 0 Å². The summed E-state index contributed by atoms with van der Waals surface area (Å²) in [5.74, 6) is -0.0478. The molecule has 2 aromatic rings. The van der Waals surface area contributed by atoms with Gasteiger partial charge >= 0.3 is 0 Å². The topological polar surface area (TPSA) is 17.1 Å². The fraction of sp³-hybridized carbons (Fsp3) is 0.316. The molecule has 1 nitrogen and oxygen atoms in total. The van der Waals surface area contributed by atoms with E-state index in [1.807, 2.05) is 39.8 Å². The van der Waals surface area contributed by atoms with Gasteiger partial charge in [-0.2, -0.15) is 0 Å². The van der Waals surface area contributed by atoms with Crippen LogP contribution in [0.5, 0.6) is 0 Å². The average Bonchev–Trinajstić information content (AvgIpc) is 2.44. The van der Waals surface area contributed by atoms with Crippen LogP contribution in [0.25, 0.3) is 0 Å². The number of alkyl halides is 2. The first-order valence-corrected chi connectivity index (χ1v) is 9.78. The maximum absolute atomic E-state index is 13.3. The Bertz CT molecular complexity index is 721. The van der Waals surface area contributed by atoms with Crippen molar-refractivity contribution in [3.63, 3.8) is 0 Å². The Morgan fingerprint density at radius 1 is 0.792 bits per heavy atom. The Morgan fingerprint density at radius 3 is 1.42 bits per heavy atom. The summed E-state index contributed by atoms with van der Waals surface area (Å²) in [5.41, 5.74) is 2.96. The van der Waals surface area contributed by atoms with Crippen molar-refractivity contribution >= 4 is 60.8 Å². The van der Waals surface area contributed by atoms with E-state index in [9.17, 15) is 4.79 Å². The van der Waals surface area contributed by atoms with Crippen molar-refractivity contribution in [2.24, 2.45) is 0 Å². The first-order valence-electron chi connectivity index (χ1n) is 7.44. The summed E-state index contributed by atoms with van der Waals surface area (Å²) in [6.07, 6.45) is 0. The van der Waals surface area contributed by atoms with Crippen LogP contribution in [-0.2, 0) is 8.65 Å². The molecule has 0 unspecified atom stereocenters. The van der Waals surface area contributed by atoms with Crippen LogP contribution < -0.4 is 0 Å². The molecular formula is C19H18Br2Cl2O. The molecule has 2 aromatic carbocycles. The van der Waals surface area contributed by atoms with Gasteiger partial charge in [0, 0.05) is 29.8 Å². The van der Waals surface area contributed by atoms with Gasteiger partial charge in [-0.05, 0) is 75.2 Å². The number of hydrogen-bond acceptors (Lipinski definition) is 1. The minimum absolute atomic E-state index is 0.0478. The standard InChI is InChI=1S/C19H18Br2Cl2O/c1-18(2,20)15-9-11(22)5-7-13(15)17(24)14-8-6-12(23)10-16(14)19(3,4)21/h5-10H,1-4H3. The fourth-order valence-electron chi connectivity index (χ4n) is 2.56. The molecule has 128 valence electrons. The fourth-order valence-corrected chi connectivity index (χ4v) is 3.56. The molecule has 0 radical (unpaired) electrons. The maximum atomic E-state index is 13.3. The summed E-state index contributed by atoms with van der Waals surface area (Å²) in [5, 5.41) is 1.21. The summed E-state index contributed by atoms with van der Waals surface area (Å²) in [7, 11) is 0. The molecule has 24 heavy (non-hydrogen) atoms. The third kappa shape index (κ3) is 4.43. The van der Waals surface area contributed by atoms with Gasteiger partial charge in [0.25, 0.3) is 0 Å². The number of carbonyl (C=O) groups is 1. The first kappa shape index (κ1) is 20.0. The van der Waals surface area contributed by atoms with Gasteiger partial charge in [0.05, 0.1) is 0 Å². The summed E-state index contributed by atoms with van der Waals surface area (Å²) >= 11 is 19.6. The molecule has 0 fully saturated rings. The monoisotopic (exact) mass is 490 g/mol. The molecule has 0 saturated heterocycles. The highest BCUT2D eigenvalue weighted by molar-refractivity contribution is 9.09. The van der Waals surface area contributed by atoms with Gasteiger partial charge in [-0.15, -0.1) is 0 Å². The molecule has 5 heteroatoms. The van der Waals surface area contributed by atoms with Gasteiger partial charge < -0.3 is 0 Å². The Labute approximate surface area is 170 Å². The molecule has 0 atom stereocenters. The summed E-state index contributed by atoms with van der Waals surface area (Å²) in [4.78, 5) is 13.3. The molecule has 2 rings (SSSR count). The van der Waals surface area contributed by atoms with Gasteiger partial charge in [0.15, 0.2) is 5.78 Å². The largest absolute Gasteiger partial charge is 0.289 e. The number of benzene rings is 2. The van der Waals surface area contributed by atoms with E-state index < -0.39 is 0 Å². The highest BCUT2D eigenvalue weighted by atomic mass is 79.9. The van der Waals surface area contributed by atoms with Crippen LogP contribution in [0.3, 0.4) is 0 Å². The second-order valence-electron chi connectivity index (χ2n) is 6.65. The Hall–Kier alpha value is -0.350. The first-order chi connectivity index (χ1) is 10.9. The molecule has 0 heterocycles. The molecule has 0 spiro atoms. The van der Waals surface area contributed by atoms with Crippen molar-refractivity contribution in [1.82, 2.24) is 0 Å². The number of rotatable bonds is 4. The van der Waals surface area contributed by atoms with E-state index in [0.29, 0.717) is 21.2 Å². The zero-order chi connectivity index (χ0) is 18.3. The van der Waals surface area contributed by atoms with E-state index in [4.69, 9.17) is 23.2 Å². The lowest BCUT2D eigenvalue weighted by atomic mass is 9.88. The Balaban J connectivity index is 2.68. The highest BCUT2D eigenvalue weighted by Gasteiger charge is 2.28. The van der Waals surface area contributed by atoms with Crippen molar-refractivity contribution in [3.8, 4) is 0 Å². The van der Waals surface area contributed by atoms with Crippen molar-refractivity contribution in [3.05, 3.63) is 68.7 Å². The Kier molecular flexibility index (Phi) is 5.91. The van der Waals surface area contributed by atoms with E-state index >= 15 is 0 Å². The molecule has 0 aliphatic heterocycles. The van der Waals surface area contributed by atoms with Crippen molar-refractivity contribution in [2.75, 3.05) is 0 Å². The lowest BCUT2D eigenvalue weighted by Gasteiger charge is -2.24. The Morgan fingerprint density at radius 2 is 1.12 bits per heavy atom. The molecule has 0 saturated carbocycles. The molecule has 0 bridgehead atoms. The molecule has 0 aliphatic rings. The van der Waals surface area contributed by atoms with Gasteiger partial charge in [-0.1, -0.05) is 55.1 Å². The lowest BCUT2D eigenvalue weighted by molar-refractivity contribution is 0.103. The smallest absolute Gasteiger partial charge is 0.193 e. The van der Waals surface area contributed by atoms with Crippen molar-refractivity contribution in [1.29, 1.82) is 0 Å². The minimum Gasteiger partial charge on any atom is -0.289 e. The van der Waals surface area contributed by atoms with Crippen molar-refractivity contribution < 1.29 is 4.79 Å². The van der Waals surface area contributed by atoms with E-state index in [1.54, 1.807) is 24.3 Å². The zero-order valence-electron chi connectivity index (χ0n) is 13.9. The van der Waals surface area contributed by atoms with Gasteiger partial charge in [-0.25, -0.2) is 0 Å². The van der Waals surface area contributed by atoms with E-state index in [-0.39, 0.29) is 14.4 Å². The van der Waals surface area contributed by atoms with E-state index in [2.05, 4.69) is 31.9 Å². The highest BCUT2D eigenvalue weighted by Crippen LogP contribution is 2.38. The van der Waals surface area contributed by atoms with E-state index in [0.717, 1.165) is 11.1 Å². The minimum atomic E-state index is -0.376. The van der Waals surface area contributed by atoms with Crippen LogP contribution >= 0.6 is 55.1 Å². The number of halogens is 4. The zero-order valence-corrected chi connectivity index (χ0v) is 18.6. The van der Waals surface area contributed by atoms with Crippen LogP contribution in [0.1, 0.15) is 54.7 Å². The third-order valence-electron chi connectivity index (χ3n) is 3.73. The molecule has 0 aromatic heterocycles. The predicted octanol–water partition coefficient (Wildman–Crippen LogP) is 7.48. The molecular weight excluding hydrogens is 475 g/mol. The second-order valence-corrected chi connectivity index (χ2v) is 11.5. The van der Waals surface area contributed by atoms with Crippen molar-refractivity contribution in [2.45, 2.75) is 36.3 Å². The maximum Gasteiger partial charge on any atom is 0.193 e. The number of carbonyl (C=O) groups excluding carboxylic acids is 1. The molecule has 0 amide bonds. The summed E-state index contributed by atoms with van der Waals surface area (Å²) in [6, 6.07) is 10.7. The van der Waals surface area contributed by atoms with Crippen LogP contribution in [-0.4, -0.2) is 5.78 Å². The number of ketones is 1.